The molecule has 0 saturated heterocycles. The summed E-state index contributed by atoms with van der Waals surface area (Å²) in [6.45, 7) is 6.03. The number of anilines is 1. The first kappa shape index (κ1) is 19.9. The Morgan fingerprint density at radius 3 is 2.50 bits per heavy atom. The zero-order valence-corrected chi connectivity index (χ0v) is 16.8. The van der Waals surface area contributed by atoms with Gasteiger partial charge in [0.2, 0.25) is 0 Å². The van der Waals surface area contributed by atoms with Gasteiger partial charge in [-0.25, -0.2) is 4.98 Å². The third kappa shape index (κ3) is 5.36. The zero-order valence-electron chi connectivity index (χ0n) is 16.0. The maximum atomic E-state index is 12.0. The van der Waals surface area contributed by atoms with Gasteiger partial charge in [-0.2, -0.15) is 0 Å². The van der Waals surface area contributed by atoms with Gasteiger partial charge in [-0.15, -0.1) is 0 Å². The van der Waals surface area contributed by atoms with Crippen LogP contribution in [0.3, 0.4) is 0 Å². The van der Waals surface area contributed by atoms with E-state index < -0.39 is 5.97 Å². The molecule has 1 aromatic heterocycles. The molecule has 3 aromatic rings. The van der Waals surface area contributed by atoms with Crippen molar-refractivity contribution in [2.45, 2.75) is 31.4 Å². The lowest BCUT2D eigenvalue weighted by Crippen LogP contribution is -2.21. The van der Waals surface area contributed by atoms with Crippen LogP contribution in [-0.4, -0.2) is 29.2 Å². The number of oxazole rings is 1. The second kappa shape index (κ2) is 8.48. The summed E-state index contributed by atoms with van der Waals surface area (Å²) in [7, 11) is 0. The number of ether oxygens (including phenoxy) is 1. The maximum Gasteiger partial charge on any atom is 0.316 e. The Balaban J connectivity index is 1.43. The Labute approximate surface area is 167 Å². The van der Waals surface area contributed by atoms with Crippen LogP contribution in [0.4, 0.5) is 5.69 Å². The summed E-state index contributed by atoms with van der Waals surface area (Å²) in [6.07, 6.45) is 0. The second-order valence-electron chi connectivity index (χ2n) is 7.27. The molecule has 1 heterocycles. The first-order valence-corrected chi connectivity index (χ1v) is 9.84. The van der Waals surface area contributed by atoms with E-state index in [0.717, 1.165) is 17.3 Å². The van der Waals surface area contributed by atoms with E-state index >= 15 is 0 Å². The highest BCUT2D eigenvalue weighted by molar-refractivity contribution is 7.99. The number of nitrogens with zero attached hydrogens (tertiary/aromatic N) is 1. The first-order chi connectivity index (χ1) is 13.3. The Morgan fingerprint density at radius 1 is 1.11 bits per heavy atom. The van der Waals surface area contributed by atoms with Gasteiger partial charge in [0.05, 0.1) is 0 Å². The van der Waals surface area contributed by atoms with E-state index in [4.69, 9.17) is 9.15 Å². The minimum atomic E-state index is -0.509. The molecular weight excluding hydrogens is 376 g/mol. The monoisotopic (exact) mass is 398 g/mol. The van der Waals surface area contributed by atoms with E-state index in [1.54, 1.807) is 0 Å². The third-order valence-corrected chi connectivity index (χ3v) is 4.79. The average Bonchev–Trinajstić information content (AvgIpc) is 3.07. The van der Waals surface area contributed by atoms with Crippen molar-refractivity contribution in [3.63, 3.8) is 0 Å². The van der Waals surface area contributed by atoms with Crippen molar-refractivity contribution in [2.75, 3.05) is 17.7 Å². The lowest BCUT2D eigenvalue weighted by Gasteiger charge is -2.19. The van der Waals surface area contributed by atoms with Crippen molar-refractivity contribution >= 4 is 40.4 Å². The summed E-state index contributed by atoms with van der Waals surface area (Å²) in [5.74, 6) is -0.880. The summed E-state index contributed by atoms with van der Waals surface area (Å²) >= 11 is 1.13. The molecule has 28 heavy (non-hydrogen) atoms. The van der Waals surface area contributed by atoms with Crippen LogP contribution in [-0.2, 0) is 19.7 Å². The maximum absolute atomic E-state index is 12.0. The van der Waals surface area contributed by atoms with E-state index in [1.807, 2.05) is 48.5 Å². The van der Waals surface area contributed by atoms with E-state index in [9.17, 15) is 9.59 Å². The highest BCUT2D eigenvalue weighted by atomic mass is 32.2. The van der Waals surface area contributed by atoms with Gasteiger partial charge in [-0.1, -0.05) is 56.8 Å². The van der Waals surface area contributed by atoms with E-state index in [1.165, 1.54) is 5.56 Å². The Bertz CT molecular complexity index is 941. The number of amides is 1. The number of carbonyl (C=O) groups excluding carboxylic acids is 2. The molecule has 0 saturated carbocycles. The van der Waals surface area contributed by atoms with Crippen LogP contribution in [0.25, 0.3) is 11.1 Å². The standard InChI is InChI=1S/C21H22N2O4S/c1-21(2,3)14-8-10-15(11-9-14)22-18(24)12-26-19(25)13-28-20-23-16-6-4-5-7-17(16)27-20/h4-11H,12-13H2,1-3H3,(H,22,24). The lowest BCUT2D eigenvalue weighted by atomic mass is 9.87. The van der Waals surface area contributed by atoms with Crippen LogP contribution in [0.2, 0.25) is 0 Å². The molecule has 0 bridgehead atoms. The average molecular weight is 398 g/mol. The van der Waals surface area contributed by atoms with Gasteiger partial charge in [-0.05, 0) is 35.2 Å². The zero-order chi connectivity index (χ0) is 20.1. The number of esters is 1. The van der Waals surface area contributed by atoms with Gasteiger partial charge >= 0.3 is 5.97 Å². The largest absolute Gasteiger partial charge is 0.455 e. The summed E-state index contributed by atoms with van der Waals surface area (Å²) < 4.78 is 10.5. The molecule has 0 atom stereocenters. The van der Waals surface area contributed by atoms with Crippen molar-refractivity contribution in [3.8, 4) is 0 Å². The molecule has 0 aliphatic rings. The minimum Gasteiger partial charge on any atom is -0.455 e. The minimum absolute atomic E-state index is 0.0143. The summed E-state index contributed by atoms with van der Waals surface area (Å²) in [5, 5.41) is 3.10. The molecule has 0 aliphatic heterocycles. The SMILES string of the molecule is CC(C)(C)c1ccc(NC(=O)COC(=O)CSc2nc3ccccc3o2)cc1. The van der Waals surface area contributed by atoms with Crippen molar-refractivity contribution < 1.29 is 18.7 Å². The van der Waals surface area contributed by atoms with Crippen LogP contribution in [0.5, 0.6) is 0 Å². The molecule has 0 spiro atoms. The topological polar surface area (TPSA) is 81.4 Å². The predicted octanol–water partition coefficient (Wildman–Crippen LogP) is 4.40. The fourth-order valence-corrected chi connectivity index (χ4v) is 3.11. The fourth-order valence-electron chi connectivity index (χ4n) is 2.47. The molecule has 2 aromatic carbocycles. The first-order valence-electron chi connectivity index (χ1n) is 8.86. The van der Waals surface area contributed by atoms with E-state index in [2.05, 4.69) is 31.1 Å². The number of fused-ring (bicyclic) bond motifs is 1. The van der Waals surface area contributed by atoms with Crippen LogP contribution < -0.4 is 5.32 Å². The molecule has 146 valence electrons. The number of carbonyl (C=O) groups is 2. The van der Waals surface area contributed by atoms with Gasteiger partial charge in [-0.3, -0.25) is 9.59 Å². The number of aromatic nitrogens is 1. The molecular formula is C21H22N2O4S. The lowest BCUT2D eigenvalue weighted by molar-refractivity contribution is -0.144. The third-order valence-electron chi connectivity index (χ3n) is 3.99. The molecule has 1 amide bonds. The van der Waals surface area contributed by atoms with Gasteiger partial charge in [0.25, 0.3) is 11.1 Å². The van der Waals surface area contributed by atoms with Crippen molar-refractivity contribution in [3.05, 3.63) is 54.1 Å². The van der Waals surface area contributed by atoms with Crippen LogP contribution in [0, 0.1) is 0 Å². The number of para-hydroxylation sites is 2. The number of rotatable bonds is 6. The fraction of sp³-hybridized carbons (Fsp3) is 0.286. The van der Waals surface area contributed by atoms with Gasteiger partial charge in [0.15, 0.2) is 12.2 Å². The highest BCUT2D eigenvalue weighted by Gasteiger charge is 2.14. The summed E-state index contributed by atoms with van der Waals surface area (Å²) in [4.78, 5) is 28.1. The molecule has 7 heteroatoms. The summed E-state index contributed by atoms with van der Waals surface area (Å²) in [5.41, 5.74) is 3.28. The highest BCUT2D eigenvalue weighted by Crippen LogP contribution is 2.24. The predicted molar refractivity (Wildman–Crippen MR) is 109 cm³/mol. The number of hydrogen-bond donors (Lipinski definition) is 1. The number of benzene rings is 2. The van der Waals surface area contributed by atoms with Crippen LogP contribution >= 0.6 is 11.8 Å². The molecule has 0 unspecified atom stereocenters. The van der Waals surface area contributed by atoms with Gasteiger partial charge < -0.3 is 14.5 Å². The number of hydrogen-bond acceptors (Lipinski definition) is 6. The summed E-state index contributed by atoms with van der Waals surface area (Å²) in [6, 6.07) is 15.0. The van der Waals surface area contributed by atoms with Crippen molar-refractivity contribution in [2.24, 2.45) is 0 Å². The van der Waals surface area contributed by atoms with Crippen LogP contribution in [0.15, 0.2) is 58.2 Å². The van der Waals surface area contributed by atoms with Crippen molar-refractivity contribution in [1.29, 1.82) is 0 Å². The van der Waals surface area contributed by atoms with Gasteiger partial charge in [0, 0.05) is 5.69 Å². The Kier molecular flexibility index (Phi) is 6.04. The number of nitrogens with one attached hydrogen (secondary N) is 1. The van der Waals surface area contributed by atoms with E-state index in [-0.39, 0.29) is 23.7 Å². The molecule has 6 nitrogen and oxygen atoms in total. The molecule has 3 rings (SSSR count). The molecule has 0 aliphatic carbocycles. The molecule has 0 fully saturated rings. The quantitative estimate of drug-likeness (QED) is 0.490. The normalized spacial score (nSPS) is 11.4. The molecule has 0 radical (unpaired) electrons. The van der Waals surface area contributed by atoms with Crippen LogP contribution in [0.1, 0.15) is 26.3 Å². The number of thioether (sulfide) groups is 1. The smallest absolute Gasteiger partial charge is 0.316 e. The second-order valence-corrected chi connectivity index (χ2v) is 8.20. The van der Waals surface area contributed by atoms with E-state index in [0.29, 0.717) is 16.5 Å². The Hall–Kier alpha value is -2.80. The van der Waals surface area contributed by atoms with Gasteiger partial charge in [0.1, 0.15) is 11.3 Å². The van der Waals surface area contributed by atoms with Crippen molar-refractivity contribution in [1.82, 2.24) is 4.98 Å². The Morgan fingerprint density at radius 2 is 1.82 bits per heavy atom. The molecule has 1 N–H and O–H groups in total.